The van der Waals surface area contributed by atoms with Gasteiger partial charge in [-0.3, -0.25) is 0 Å². The Morgan fingerprint density at radius 2 is 2.36 bits per heavy atom. The molecule has 0 aromatic carbocycles. The molecule has 1 saturated heterocycles. The first kappa shape index (κ1) is 8.84. The molecule has 0 aliphatic carbocycles. The lowest BCUT2D eigenvalue weighted by Crippen LogP contribution is -2.13. The van der Waals surface area contributed by atoms with Gasteiger partial charge in [-0.05, 0) is 6.42 Å². The molecule has 0 spiro atoms. The summed E-state index contributed by atoms with van der Waals surface area (Å²) < 4.78 is 6.79. The van der Waals surface area contributed by atoms with E-state index in [1.165, 1.54) is 0 Å². The summed E-state index contributed by atoms with van der Waals surface area (Å²) >= 11 is 0. The number of anilines is 2. The summed E-state index contributed by atoms with van der Waals surface area (Å²) in [6.07, 6.45) is 0.857. The zero-order valence-electron chi connectivity index (χ0n) is 7.60. The molecule has 2 heterocycles. The molecule has 1 unspecified atom stereocenters. The number of hydrogen-bond donors (Lipinski definition) is 2. The fourth-order valence-electron chi connectivity index (χ4n) is 1.57. The Morgan fingerprint density at radius 3 is 2.86 bits per heavy atom. The van der Waals surface area contributed by atoms with Crippen LogP contribution in [-0.4, -0.2) is 23.0 Å². The zero-order valence-corrected chi connectivity index (χ0v) is 7.60. The van der Waals surface area contributed by atoms with E-state index < -0.39 is 0 Å². The van der Waals surface area contributed by atoms with Gasteiger partial charge in [0.15, 0.2) is 5.82 Å². The predicted octanol–water partition coefficient (Wildman–Crippen LogP) is -0.119. The van der Waals surface area contributed by atoms with E-state index in [1.54, 1.807) is 4.68 Å². The molecule has 1 aromatic rings. The molecule has 1 aliphatic heterocycles. The molecule has 14 heavy (non-hydrogen) atoms. The van der Waals surface area contributed by atoms with Crippen LogP contribution in [0.4, 0.5) is 11.6 Å². The Bertz CT molecular complexity index is 385. The SMILES string of the molecule is N#Cc1c(N)nn(C2CCOC2)c1N. The van der Waals surface area contributed by atoms with Crippen molar-refractivity contribution in [1.82, 2.24) is 9.78 Å². The van der Waals surface area contributed by atoms with Gasteiger partial charge in [0.1, 0.15) is 17.5 Å². The molecule has 0 saturated carbocycles. The summed E-state index contributed by atoms with van der Waals surface area (Å²) in [5.74, 6) is 0.525. The maximum Gasteiger partial charge on any atom is 0.165 e. The summed E-state index contributed by atoms with van der Waals surface area (Å²) in [6, 6.07) is 2.04. The second-order valence-electron chi connectivity index (χ2n) is 3.22. The molecule has 6 heteroatoms. The van der Waals surface area contributed by atoms with Gasteiger partial charge in [0.05, 0.1) is 12.6 Å². The molecular weight excluding hydrogens is 182 g/mol. The summed E-state index contributed by atoms with van der Waals surface area (Å²) in [6.45, 7) is 1.28. The van der Waals surface area contributed by atoms with Crippen molar-refractivity contribution in [3.8, 4) is 6.07 Å². The number of nitrogens with two attached hydrogens (primary N) is 2. The lowest BCUT2D eigenvalue weighted by molar-refractivity contribution is 0.185. The van der Waals surface area contributed by atoms with Gasteiger partial charge < -0.3 is 16.2 Å². The Balaban J connectivity index is 2.39. The Morgan fingerprint density at radius 1 is 1.57 bits per heavy atom. The van der Waals surface area contributed by atoms with Crippen LogP contribution in [0.2, 0.25) is 0 Å². The van der Waals surface area contributed by atoms with Crippen molar-refractivity contribution in [3.63, 3.8) is 0 Å². The van der Waals surface area contributed by atoms with Crippen LogP contribution in [0.3, 0.4) is 0 Å². The normalized spacial score (nSPS) is 20.9. The Kier molecular flexibility index (Phi) is 2.02. The van der Waals surface area contributed by atoms with Gasteiger partial charge >= 0.3 is 0 Å². The van der Waals surface area contributed by atoms with Gasteiger partial charge in [-0.25, -0.2) is 4.68 Å². The van der Waals surface area contributed by atoms with Crippen molar-refractivity contribution in [2.24, 2.45) is 0 Å². The number of ether oxygens (including phenoxy) is 1. The first-order valence-electron chi connectivity index (χ1n) is 4.35. The highest BCUT2D eigenvalue weighted by atomic mass is 16.5. The van der Waals surface area contributed by atoms with Crippen LogP contribution in [0, 0.1) is 11.3 Å². The van der Waals surface area contributed by atoms with Gasteiger partial charge in [-0.15, -0.1) is 0 Å². The third kappa shape index (κ3) is 1.18. The molecule has 0 bridgehead atoms. The van der Waals surface area contributed by atoms with Crippen LogP contribution in [0.25, 0.3) is 0 Å². The molecule has 1 fully saturated rings. The summed E-state index contributed by atoms with van der Waals surface area (Å²) in [5.41, 5.74) is 11.5. The number of nitrogen functional groups attached to an aromatic ring is 2. The number of nitrogens with zero attached hydrogens (tertiary/aromatic N) is 3. The first-order chi connectivity index (χ1) is 6.74. The van der Waals surface area contributed by atoms with Crippen molar-refractivity contribution in [1.29, 1.82) is 5.26 Å². The average molecular weight is 193 g/mol. The van der Waals surface area contributed by atoms with E-state index in [0.717, 1.165) is 6.42 Å². The van der Waals surface area contributed by atoms with Crippen molar-refractivity contribution in [2.45, 2.75) is 12.5 Å². The summed E-state index contributed by atoms with van der Waals surface area (Å²) in [7, 11) is 0. The number of hydrogen-bond acceptors (Lipinski definition) is 5. The van der Waals surface area contributed by atoms with Gasteiger partial charge in [-0.2, -0.15) is 10.4 Å². The van der Waals surface area contributed by atoms with E-state index in [9.17, 15) is 0 Å². The monoisotopic (exact) mass is 193 g/mol. The van der Waals surface area contributed by atoms with Crippen LogP contribution in [0.5, 0.6) is 0 Å². The number of aromatic nitrogens is 2. The van der Waals surface area contributed by atoms with Gasteiger partial charge in [0.25, 0.3) is 0 Å². The van der Waals surface area contributed by atoms with Gasteiger partial charge in [0.2, 0.25) is 0 Å². The van der Waals surface area contributed by atoms with Crippen molar-refractivity contribution in [2.75, 3.05) is 24.7 Å². The predicted molar refractivity (Wildman–Crippen MR) is 50.2 cm³/mol. The Labute approximate surface area is 81.0 Å². The highest BCUT2D eigenvalue weighted by molar-refractivity contribution is 5.61. The van der Waals surface area contributed by atoms with Gasteiger partial charge in [-0.1, -0.05) is 0 Å². The van der Waals surface area contributed by atoms with Gasteiger partial charge in [0, 0.05) is 6.61 Å². The number of nitriles is 1. The van der Waals surface area contributed by atoms with Crippen LogP contribution in [-0.2, 0) is 4.74 Å². The fraction of sp³-hybridized carbons (Fsp3) is 0.500. The molecule has 0 amide bonds. The van der Waals surface area contributed by atoms with Crippen LogP contribution in [0.15, 0.2) is 0 Å². The third-order valence-corrected chi connectivity index (χ3v) is 2.34. The molecular formula is C8H11N5O. The second-order valence-corrected chi connectivity index (χ2v) is 3.22. The zero-order chi connectivity index (χ0) is 10.1. The molecule has 1 atom stereocenters. The molecule has 74 valence electrons. The maximum absolute atomic E-state index is 8.76. The van der Waals surface area contributed by atoms with Crippen LogP contribution >= 0.6 is 0 Å². The lowest BCUT2D eigenvalue weighted by Gasteiger charge is -2.09. The first-order valence-corrected chi connectivity index (χ1v) is 4.35. The topological polar surface area (TPSA) is 103 Å². The minimum Gasteiger partial charge on any atom is -0.383 e. The third-order valence-electron chi connectivity index (χ3n) is 2.34. The number of rotatable bonds is 1. The lowest BCUT2D eigenvalue weighted by atomic mass is 10.2. The van der Waals surface area contributed by atoms with Crippen molar-refractivity contribution in [3.05, 3.63) is 5.56 Å². The smallest absolute Gasteiger partial charge is 0.165 e. The van der Waals surface area contributed by atoms with E-state index >= 15 is 0 Å². The summed E-state index contributed by atoms with van der Waals surface area (Å²) in [5, 5.41) is 12.8. The minimum absolute atomic E-state index is 0.111. The Hall–Kier alpha value is -1.74. The van der Waals surface area contributed by atoms with E-state index in [-0.39, 0.29) is 17.4 Å². The molecule has 4 N–H and O–H groups in total. The van der Waals surface area contributed by atoms with E-state index in [2.05, 4.69) is 5.10 Å². The minimum atomic E-state index is 0.111. The highest BCUT2D eigenvalue weighted by Gasteiger charge is 2.23. The standard InChI is InChI=1S/C8H11N5O/c9-3-6-7(10)12-13(8(6)11)5-1-2-14-4-5/h5H,1-2,4,11H2,(H2,10,12). The molecule has 2 rings (SSSR count). The van der Waals surface area contributed by atoms with E-state index in [0.29, 0.717) is 19.0 Å². The quantitative estimate of drug-likeness (QED) is 0.647. The molecule has 6 nitrogen and oxygen atoms in total. The highest BCUT2D eigenvalue weighted by Crippen LogP contribution is 2.26. The van der Waals surface area contributed by atoms with E-state index in [1.807, 2.05) is 6.07 Å². The van der Waals surface area contributed by atoms with Crippen molar-refractivity contribution >= 4 is 11.6 Å². The summed E-state index contributed by atoms with van der Waals surface area (Å²) in [4.78, 5) is 0. The van der Waals surface area contributed by atoms with Crippen molar-refractivity contribution < 1.29 is 4.74 Å². The molecule has 1 aromatic heterocycles. The average Bonchev–Trinajstić information content (AvgIpc) is 2.74. The van der Waals surface area contributed by atoms with Crippen LogP contribution in [0.1, 0.15) is 18.0 Å². The fourth-order valence-corrected chi connectivity index (χ4v) is 1.57. The largest absolute Gasteiger partial charge is 0.383 e. The maximum atomic E-state index is 8.76. The molecule has 1 aliphatic rings. The molecule has 0 radical (unpaired) electrons. The van der Waals surface area contributed by atoms with E-state index in [4.69, 9.17) is 21.5 Å². The van der Waals surface area contributed by atoms with Crippen LogP contribution < -0.4 is 11.5 Å². The second kappa shape index (κ2) is 3.20.